The Morgan fingerprint density at radius 3 is 2.77 bits per heavy atom. The summed E-state index contributed by atoms with van der Waals surface area (Å²) >= 11 is 0. The molecule has 160 valence electrons. The van der Waals surface area contributed by atoms with Gasteiger partial charge in [0.15, 0.2) is 0 Å². The van der Waals surface area contributed by atoms with Gasteiger partial charge in [-0.05, 0) is 24.1 Å². The lowest BCUT2D eigenvalue weighted by molar-refractivity contribution is -0.121. The van der Waals surface area contributed by atoms with Gasteiger partial charge in [-0.2, -0.15) is 0 Å². The highest BCUT2D eigenvalue weighted by molar-refractivity contribution is 5.77. The Morgan fingerprint density at radius 2 is 1.90 bits per heavy atom. The van der Waals surface area contributed by atoms with E-state index in [9.17, 15) is 9.59 Å². The zero-order valence-electron chi connectivity index (χ0n) is 17.3. The molecular formula is C24H26N4O3. The number of benzene rings is 2. The van der Waals surface area contributed by atoms with Crippen molar-refractivity contribution < 1.29 is 9.53 Å². The second-order valence-corrected chi connectivity index (χ2v) is 8.35. The maximum atomic E-state index is 12.6. The van der Waals surface area contributed by atoms with Crippen molar-refractivity contribution in [2.45, 2.75) is 37.6 Å². The quantitative estimate of drug-likeness (QED) is 0.687. The molecule has 0 bridgehead atoms. The highest BCUT2D eigenvalue weighted by atomic mass is 16.5. The molecule has 1 N–H and O–H groups in total. The average Bonchev–Trinajstić information content (AvgIpc) is 3.21. The van der Waals surface area contributed by atoms with Gasteiger partial charge >= 0.3 is 0 Å². The monoisotopic (exact) mass is 418 g/mol. The minimum atomic E-state index is -0.111. The molecular weight excluding hydrogens is 392 g/mol. The second kappa shape index (κ2) is 8.61. The first-order chi connectivity index (χ1) is 15.2. The molecule has 3 atom stereocenters. The molecule has 7 heteroatoms. The van der Waals surface area contributed by atoms with Crippen LogP contribution in [-0.2, 0) is 16.1 Å². The molecule has 0 spiro atoms. The van der Waals surface area contributed by atoms with Crippen molar-refractivity contribution in [2.75, 3.05) is 19.7 Å². The summed E-state index contributed by atoms with van der Waals surface area (Å²) in [7, 11) is 0. The lowest BCUT2D eigenvalue weighted by atomic mass is 10.1. The normalized spacial score (nSPS) is 23.5. The van der Waals surface area contributed by atoms with Crippen molar-refractivity contribution >= 4 is 16.8 Å². The molecule has 2 aromatic carbocycles. The molecule has 3 aromatic rings. The van der Waals surface area contributed by atoms with Crippen LogP contribution in [0, 0.1) is 0 Å². The molecule has 0 saturated carbocycles. The number of hydrogen-bond acceptors (Lipinski definition) is 5. The maximum Gasteiger partial charge on any atom is 0.261 e. The first kappa shape index (κ1) is 19.9. The third-order valence-corrected chi connectivity index (χ3v) is 6.27. The number of carbonyl (C=O) groups is 1. The van der Waals surface area contributed by atoms with Crippen LogP contribution in [0.1, 0.15) is 24.5 Å². The molecule has 1 aromatic heterocycles. The van der Waals surface area contributed by atoms with Crippen molar-refractivity contribution in [3.63, 3.8) is 0 Å². The van der Waals surface area contributed by atoms with Gasteiger partial charge in [0.1, 0.15) is 0 Å². The second-order valence-electron chi connectivity index (χ2n) is 8.35. The fraction of sp³-hybridized carbons (Fsp3) is 0.375. The van der Waals surface area contributed by atoms with Crippen molar-refractivity contribution in [1.29, 1.82) is 0 Å². The van der Waals surface area contributed by atoms with Crippen LogP contribution in [0.25, 0.3) is 10.9 Å². The number of carbonyl (C=O) groups excluding carboxylic acids is 1. The first-order valence-corrected chi connectivity index (χ1v) is 10.8. The number of aryl methyl sites for hydroxylation is 1. The Kier molecular flexibility index (Phi) is 5.53. The fourth-order valence-corrected chi connectivity index (χ4v) is 4.64. The van der Waals surface area contributed by atoms with Crippen molar-refractivity contribution in [1.82, 2.24) is 19.8 Å². The Balaban J connectivity index is 1.15. The van der Waals surface area contributed by atoms with Gasteiger partial charge in [0.25, 0.3) is 5.56 Å². The Labute approximate surface area is 180 Å². The van der Waals surface area contributed by atoms with Crippen LogP contribution < -0.4 is 10.9 Å². The molecule has 2 fully saturated rings. The number of para-hydroxylation sites is 1. The summed E-state index contributed by atoms with van der Waals surface area (Å²) in [5, 5.41) is 3.72. The van der Waals surface area contributed by atoms with E-state index in [1.807, 2.05) is 36.4 Å². The van der Waals surface area contributed by atoms with E-state index in [1.54, 1.807) is 6.07 Å². The molecule has 2 aliphatic heterocycles. The summed E-state index contributed by atoms with van der Waals surface area (Å²) in [4.78, 5) is 31.9. The summed E-state index contributed by atoms with van der Waals surface area (Å²) in [5.41, 5.74) is 1.76. The summed E-state index contributed by atoms with van der Waals surface area (Å²) in [6.45, 7) is 2.69. The van der Waals surface area contributed by atoms with Gasteiger partial charge in [-0.3, -0.25) is 19.1 Å². The lowest BCUT2D eigenvalue weighted by Gasteiger charge is -2.35. The zero-order valence-corrected chi connectivity index (χ0v) is 17.3. The SMILES string of the molecule is O=C(CCn1cnc2ccccc2c1=O)N[C@H]1C[C@H]2CO[C@@H](c3ccccc3)CN2C1. The lowest BCUT2D eigenvalue weighted by Crippen LogP contribution is -2.43. The average molecular weight is 418 g/mol. The van der Waals surface area contributed by atoms with E-state index >= 15 is 0 Å². The highest BCUT2D eigenvalue weighted by Crippen LogP contribution is 2.30. The summed E-state index contributed by atoms with van der Waals surface area (Å²) in [5.74, 6) is -0.0366. The van der Waals surface area contributed by atoms with Crippen molar-refractivity contribution in [3.8, 4) is 0 Å². The third kappa shape index (κ3) is 4.24. The third-order valence-electron chi connectivity index (χ3n) is 6.27. The molecule has 31 heavy (non-hydrogen) atoms. The van der Waals surface area contributed by atoms with E-state index in [2.05, 4.69) is 27.3 Å². The van der Waals surface area contributed by atoms with E-state index < -0.39 is 0 Å². The van der Waals surface area contributed by atoms with Crippen LogP contribution in [0.4, 0.5) is 0 Å². The highest BCUT2D eigenvalue weighted by Gasteiger charge is 2.38. The topological polar surface area (TPSA) is 76.5 Å². The van der Waals surface area contributed by atoms with Crippen LogP contribution in [0.2, 0.25) is 0 Å². The summed E-state index contributed by atoms with van der Waals surface area (Å²) in [6.07, 6.45) is 2.75. The number of ether oxygens (including phenoxy) is 1. The van der Waals surface area contributed by atoms with E-state index in [0.717, 1.165) is 19.5 Å². The molecule has 2 aliphatic rings. The number of amides is 1. The van der Waals surface area contributed by atoms with Gasteiger partial charge in [-0.15, -0.1) is 0 Å². The number of aromatic nitrogens is 2. The van der Waals surface area contributed by atoms with Crippen LogP contribution in [0.3, 0.4) is 0 Å². The van der Waals surface area contributed by atoms with Crippen molar-refractivity contribution in [3.05, 3.63) is 76.8 Å². The number of fused-ring (bicyclic) bond motifs is 2. The Hall–Kier alpha value is -3.03. The number of nitrogens with one attached hydrogen (secondary N) is 1. The van der Waals surface area contributed by atoms with E-state index in [0.29, 0.717) is 30.1 Å². The zero-order chi connectivity index (χ0) is 21.2. The smallest absolute Gasteiger partial charge is 0.261 e. The molecule has 5 rings (SSSR count). The summed E-state index contributed by atoms with van der Waals surface area (Å²) in [6, 6.07) is 18.0. The van der Waals surface area contributed by atoms with E-state index in [1.165, 1.54) is 16.5 Å². The molecule has 0 unspecified atom stereocenters. The predicted molar refractivity (Wildman–Crippen MR) is 118 cm³/mol. The van der Waals surface area contributed by atoms with E-state index in [-0.39, 0.29) is 30.0 Å². The first-order valence-electron chi connectivity index (χ1n) is 10.8. The maximum absolute atomic E-state index is 12.6. The van der Waals surface area contributed by atoms with Crippen LogP contribution in [-0.4, -0.2) is 52.1 Å². The summed E-state index contributed by atoms with van der Waals surface area (Å²) < 4.78 is 7.60. The van der Waals surface area contributed by atoms with Crippen LogP contribution >= 0.6 is 0 Å². The number of hydrogen-bond donors (Lipinski definition) is 1. The van der Waals surface area contributed by atoms with Gasteiger partial charge in [0.05, 0.1) is 29.9 Å². The fourth-order valence-electron chi connectivity index (χ4n) is 4.64. The number of morpholine rings is 1. The largest absolute Gasteiger partial charge is 0.371 e. The van der Waals surface area contributed by atoms with Gasteiger partial charge in [-0.1, -0.05) is 42.5 Å². The minimum absolute atomic E-state index is 0.0366. The van der Waals surface area contributed by atoms with Gasteiger partial charge < -0.3 is 10.1 Å². The standard InChI is InChI=1S/C24H26N4O3/c29-23(10-11-27-16-25-21-9-5-4-8-20(21)24(27)30)26-18-12-19-15-31-22(14-28(19)13-18)17-6-2-1-3-7-17/h1-9,16,18-19,22H,10-15H2,(H,26,29)/t18-,19-,22+/m0/s1. The molecule has 1 amide bonds. The Bertz CT molecular complexity index is 1130. The van der Waals surface area contributed by atoms with Gasteiger partial charge in [0.2, 0.25) is 5.91 Å². The van der Waals surface area contributed by atoms with Gasteiger partial charge in [-0.25, -0.2) is 4.98 Å². The predicted octanol–water partition coefficient (Wildman–Crippen LogP) is 2.12. The molecule has 2 saturated heterocycles. The van der Waals surface area contributed by atoms with Crippen LogP contribution in [0.15, 0.2) is 65.7 Å². The molecule has 3 heterocycles. The van der Waals surface area contributed by atoms with Crippen LogP contribution in [0.5, 0.6) is 0 Å². The number of nitrogens with zero attached hydrogens (tertiary/aromatic N) is 3. The Morgan fingerprint density at radius 1 is 1.10 bits per heavy atom. The van der Waals surface area contributed by atoms with Crippen molar-refractivity contribution in [2.24, 2.45) is 0 Å². The molecule has 7 nitrogen and oxygen atoms in total. The minimum Gasteiger partial charge on any atom is -0.371 e. The van der Waals surface area contributed by atoms with E-state index in [4.69, 9.17) is 4.74 Å². The number of rotatable bonds is 5. The molecule has 0 aliphatic carbocycles. The molecule has 0 radical (unpaired) electrons. The van der Waals surface area contributed by atoms with Gasteiger partial charge in [0, 0.05) is 38.1 Å².